The molecule has 9 heteroatoms. The summed E-state index contributed by atoms with van der Waals surface area (Å²) in [6, 6.07) is 6.41. The highest BCUT2D eigenvalue weighted by atomic mass is 16.5. The molecule has 0 spiro atoms. The fourth-order valence-electron chi connectivity index (χ4n) is 4.98. The zero-order chi connectivity index (χ0) is 23.7. The highest BCUT2D eigenvalue weighted by Crippen LogP contribution is 2.52. The van der Waals surface area contributed by atoms with Gasteiger partial charge in [0.15, 0.2) is 6.61 Å². The van der Waals surface area contributed by atoms with Gasteiger partial charge in [0.1, 0.15) is 11.4 Å². The van der Waals surface area contributed by atoms with E-state index < -0.39 is 24.0 Å². The molecule has 33 heavy (non-hydrogen) atoms. The van der Waals surface area contributed by atoms with Gasteiger partial charge in [0.25, 0.3) is 5.91 Å². The maximum absolute atomic E-state index is 12.6. The van der Waals surface area contributed by atoms with Gasteiger partial charge in [-0.25, -0.2) is 4.79 Å². The van der Waals surface area contributed by atoms with Crippen molar-refractivity contribution in [2.75, 3.05) is 32.9 Å². The van der Waals surface area contributed by atoms with Gasteiger partial charge < -0.3 is 29.5 Å². The summed E-state index contributed by atoms with van der Waals surface area (Å²) in [4.78, 5) is 40.0. The number of benzene rings is 1. The van der Waals surface area contributed by atoms with Crippen LogP contribution in [0.25, 0.3) is 5.57 Å². The number of carboxylic acids is 1. The Kier molecular flexibility index (Phi) is 6.53. The molecule has 2 fully saturated rings. The third-order valence-corrected chi connectivity index (χ3v) is 6.50. The van der Waals surface area contributed by atoms with Gasteiger partial charge in [-0.05, 0) is 36.6 Å². The lowest BCUT2D eigenvalue weighted by molar-refractivity contribution is -0.163. The Morgan fingerprint density at radius 2 is 1.94 bits per heavy atom. The number of hydrogen-bond acceptors (Lipinski definition) is 6. The molecule has 0 bridgehead atoms. The van der Waals surface area contributed by atoms with Gasteiger partial charge in [-0.1, -0.05) is 18.2 Å². The molecule has 2 amide bonds. The van der Waals surface area contributed by atoms with Crippen molar-refractivity contribution in [2.24, 2.45) is 11.8 Å². The van der Waals surface area contributed by atoms with Crippen LogP contribution in [0.4, 0.5) is 0 Å². The van der Waals surface area contributed by atoms with Crippen LogP contribution in [-0.4, -0.2) is 82.9 Å². The van der Waals surface area contributed by atoms with Crippen LogP contribution in [0.5, 0.6) is 5.75 Å². The first-order valence-electron chi connectivity index (χ1n) is 11.0. The summed E-state index contributed by atoms with van der Waals surface area (Å²) in [5, 5.41) is 20.0. The lowest BCUT2D eigenvalue weighted by atomic mass is 9.74. The number of morpholine rings is 1. The van der Waals surface area contributed by atoms with Crippen molar-refractivity contribution in [2.45, 2.75) is 25.5 Å². The number of β-lactam (4-membered cyclic amide) rings is 1. The predicted molar refractivity (Wildman–Crippen MR) is 118 cm³/mol. The summed E-state index contributed by atoms with van der Waals surface area (Å²) in [5.41, 5.74) is 1.14. The van der Waals surface area contributed by atoms with Crippen molar-refractivity contribution < 1.29 is 34.1 Å². The molecule has 0 aliphatic carbocycles. The fraction of sp³-hybridized carbons (Fsp3) is 0.458. The second-order valence-corrected chi connectivity index (χ2v) is 8.47. The number of aliphatic hydroxyl groups excluding tert-OH is 1. The van der Waals surface area contributed by atoms with Crippen LogP contribution in [0.1, 0.15) is 18.9 Å². The van der Waals surface area contributed by atoms with Crippen LogP contribution in [-0.2, 0) is 19.1 Å². The molecule has 9 nitrogen and oxygen atoms in total. The summed E-state index contributed by atoms with van der Waals surface area (Å²) in [6.07, 6.45) is 1.29. The van der Waals surface area contributed by atoms with Gasteiger partial charge in [0.2, 0.25) is 5.91 Å². The van der Waals surface area contributed by atoms with Crippen LogP contribution in [0.15, 0.2) is 42.6 Å². The average Bonchev–Trinajstić information content (AvgIpc) is 3.08. The maximum Gasteiger partial charge on any atom is 0.352 e. The van der Waals surface area contributed by atoms with E-state index in [0.717, 1.165) is 0 Å². The minimum Gasteiger partial charge on any atom is -0.484 e. The van der Waals surface area contributed by atoms with Gasteiger partial charge >= 0.3 is 5.97 Å². The quantitative estimate of drug-likeness (QED) is 0.445. The Bertz CT molecular complexity index is 979. The molecule has 2 N–H and O–H groups in total. The van der Waals surface area contributed by atoms with Crippen molar-refractivity contribution in [3.63, 3.8) is 0 Å². The highest BCUT2D eigenvalue weighted by Gasteiger charge is 2.60. The third-order valence-electron chi connectivity index (χ3n) is 6.50. The number of aliphatic carboxylic acids is 1. The average molecular weight is 456 g/mol. The molecular formula is C24H28N2O7. The number of carbonyl (C=O) groups is 3. The molecule has 3 aliphatic heterocycles. The van der Waals surface area contributed by atoms with E-state index in [4.69, 9.17) is 9.47 Å². The summed E-state index contributed by atoms with van der Waals surface area (Å²) < 4.78 is 10.9. The Balaban J connectivity index is 1.55. The summed E-state index contributed by atoms with van der Waals surface area (Å²) in [7, 11) is 0. The molecule has 176 valence electrons. The molecule has 2 saturated heterocycles. The summed E-state index contributed by atoms with van der Waals surface area (Å²) >= 11 is 0. The van der Waals surface area contributed by atoms with Crippen molar-refractivity contribution in [3.05, 3.63) is 48.2 Å². The molecule has 3 aliphatic rings. The Morgan fingerprint density at radius 3 is 2.52 bits per heavy atom. The van der Waals surface area contributed by atoms with Crippen LogP contribution < -0.4 is 4.74 Å². The van der Waals surface area contributed by atoms with Gasteiger partial charge in [0, 0.05) is 19.0 Å². The zero-order valence-corrected chi connectivity index (χ0v) is 18.5. The summed E-state index contributed by atoms with van der Waals surface area (Å²) in [6.45, 7) is 7.36. The first kappa shape index (κ1) is 23.0. The maximum atomic E-state index is 12.6. The SMILES string of the molecule is C=CCC1C(c2ccc(OCC(=O)N3CCOCC3)cc2)=C(C(=O)O)N2C(=O)[C@H]([C@@H](C)O)[C@@H]12. The second kappa shape index (κ2) is 9.36. The van der Waals surface area contributed by atoms with Crippen molar-refractivity contribution >= 4 is 23.4 Å². The molecule has 3 heterocycles. The van der Waals surface area contributed by atoms with E-state index in [1.165, 1.54) is 4.90 Å². The second-order valence-electron chi connectivity index (χ2n) is 8.47. The molecule has 1 aromatic carbocycles. The Hall–Kier alpha value is -3.17. The van der Waals surface area contributed by atoms with Gasteiger partial charge in [-0.3, -0.25) is 9.59 Å². The number of aliphatic hydroxyl groups is 1. The third kappa shape index (κ3) is 4.14. The highest BCUT2D eigenvalue weighted by molar-refractivity contribution is 6.06. The van der Waals surface area contributed by atoms with E-state index in [2.05, 4.69) is 6.58 Å². The molecule has 0 saturated carbocycles. The molecule has 4 atom stereocenters. The number of fused-ring (bicyclic) bond motifs is 1. The number of amides is 2. The number of rotatable bonds is 8. The first-order chi connectivity index (χ1) is 15.8. The topological polar surface area (TPSA) is 117 Å². The fourth-order valence-corrected chi connectivity index (χ4v) is 4.98. The molecule has 0 radical (unpaired) electrons. The van der Waals surface area contributed by atoms with Gasteiger partial charge in [-0.2, -0.15) is 0 Å². The van der Waals surface area contributed by atoms with E-state index >= 15 is 0 Å². The lowest BCUT2D eigenvalue weighted by Gasteiger charge is -2.47. The van der Waals surface area contributed by atoms with E-state index in [9.17, 15) is 24.6 Å². The molecular weight excluding hydrogens is 428 g/mol. The van der Waals surface area contributed by atoms with E-state index in [0.29, 0.717) is 49.6 Å². The molecule has 1 unspecified atom stereocenters. The van der Waals surface area contributed by atoms with E-state index in [1.807, 2.05) is 0 Å². The van der Waals surface area contributed by atoms with E-state index in [-0.39, 0.29) is 30.0 Å². The van der Waals surface area contributed by atoms with E-state index in [1.54, 1.807) is 42.2 Å². The number of carboxylic acid groups (broad SMARTS) is 1. The van der Waals surface area contributed by atoms with Gasteiger partial charge in [-0.15, -0.1) is 6.58 Å². The molecule has 1 aromatic rings. The summed E-state index contributed by atoms with van der Waals surface area (Å²) in [5.74, 6) is -2.13. The van der Waals surface area contributed by atoms with Crippen molar-refractivity contribution in [3.8, 4) is 5.75 Å². The Morgan fingerprint density at radius 1 is 1.27 bits per heavy atom. The monoisotopic (exact) mass is 456 g/mol. The number of carbonyl (C=O) groups excluding carboxylic acids is 2. The van der Waals surface area contributed by atoms with Crippen LogP contribution >= 0.6 is 0 Å². The number of hydrogen-bond donors (Lipinski definition) is 2. The number of allylic oxidation sites excluding steroid dienone is 1. The number of nitrogens with zero attached hydrogens (tertiary/aromatic N) is 2. The largest absolute Gasteiger partial charge is 0.484 e. The van der Waals surface area contributed by atoms with Crippen LogP contribution in [0.2, 0.25) is 0 Å². The van der Waals surface area contributed by atoms with Crippen molar-refractivity contribution in [1.29, 1.82) is 0 Å². The minimum atomic E-state index is -1.18. The predicted octanol–water partition coefficient (Wildman–Crippen LogP) is 1.13. The van der Waals surface area contributed by atoms with Crippen molar-refractivity contribution in [1.82, 2.24) is 9.80 Å². The standard InChI is InChI=1S/C24H28N2O7/c1-3-4-17-20(22(24(30)31)26-21(17)19(14(2)27)23(26)29)15-5-7-16(8-6-15)33-13-18(28)25-9-11-32-12-10-25/h3,5-8,14,17,19,21,27H,1,4,9-13H2,2H3,(H,30,31)/t14-,17?,19-,21-/m1/s1. The van der Waals surface area contributed by atoms with Crippen LogP contribution in [0.3, 0.4) is 0 Å². The minimum absolute atomic E-state index is 0.0510. The molecule has 4 rings (SSSR count). The lowest BCUT2D eigenvalue weighted by Crippen LogP contribution is -2.63. The number of ether oxygens (including phenoxy) is 2. The smallest absolute Gasteiger partial charge is 0.352 e. The normalized spacial score (nSPS) is 25.4. The van der Waals surface area contributed by atoms with Crippen LogP contribution in [0, 0.1) is 11.8 Å². The first-order valence-corrected chi connectivity index (χ1v) is 11.0. The molecule has 0 aromatic heterocycles. The Labute approximate surface area is 191 Å². The van der Waals surface area contributed by atoms with Gasteiger partial charge in [0.05, 0.1) is 31.3 Å². The zero-order valence-electron chi connectivity index (χ0n) is 18.5.